The number of nitrogens with one attached hydrogen (secondary N) is 1. The van der Waals surface area contributed by atoms with Gasteiger partial charge in [-0.3, -0.25) is 9.59 Å². The van der Waals surface area contributed by atoms with Crippen LogP contribution in [0.3, 0.4) is 0 Å². The quantitative estimate of drug-likeness (QED) is 0.600. The number of ether oxygens (including phenoxy) is 2. The van der Waals surface area contributed by atoms with Crippen LogP contribution in [0.1, 0.15) is 51.0 Å². The van der Waals surface area contributed by atoms with Crippen molar-refractivity contribution >= 4 is 11.8 Å². The van der Waals surface area contributed by atoms with Crippen molar-refractivity contribution in [3.63, 3.8) is 0 Å². The van der Waals surface area contributed by atoms with Crippen LogP contribution in [0.2, 0.25) is 0 Å². The Bertz CT molecular complexity index is 865. The number of para-hydroxylation sites is 1. The third-order valence-electron chi connectivity index (χ3n) is 5.93. The van der Waals surface area contributed by atoms with Gasteiger partial charge >= 0.3 is 0 Å². The third-order valence-corrected chi connectivity index (χ3v) is 5.93. The maximum Gasteiger partial charge on any atom is 0.261 e. The second kappa shape index (κ2) is 12.1. The summed E-state index contributed by atoms with van der Waals surface area (Å²) in [6, 6.07) is 16.5. The van der Waals surface area contributed by atoms with Crippen LogP contribution in [0.15, 0.2) is 54.6 Å². The van der Waals surface area contributed by atoms with Crippen LogP contribution in [0.5, 0.6) is 11.5 Å². The zero-order chi connectivity index (χ0) is 22.8. The summed E-state index contributed by atoms with van der Waals surface area (Å²) in [6.45, 7) is 2.13. The van der Waals surface area contributed by atoms with Crippen LogP contribution in [-0.2, 0) is 16.1 Å². The predicted octanol–water partition coefficient (Wildman–Crippen LogP) is 4.33. The number of rotatable bonds is 10. The molecule has 1 saturated carbocycles. The zero-order valence-electron chi connectivity index (χ0n) is 19.1. The van der Waals surface area contributed by atoms with Gasteiger partial charge in [-0.1, -0.05) is 56.5 Å². The minimum atomic E-state index is -0.560. The molecule has 2 aromatic carbocycles. The van der Waals surface area contributed by atoms with E-state index in [0.29, 0.717) is 18.7 Å². The van der Waals surface area contributed by atoms with Crippen LogP contribution >= 0.6 is 0 Å². The van der Waals surface area contributed by atoms with E-state index in [1.807, 2.05) is 61.5 Å². The Hall–Kier alpha value is -3.02. The van der Waals surface area contributed by atoms with Crippen molar-refractivity contribution in [3.05, 3.63) is 60.2 Å². The summed E-state index contributed by atoms with van der Waals surface area (Å²) in [4.78, 5) is 28.1. The minimum absolute atomic E-state index is 0.0876. The van der Waals surface area contributed by atoms with E-state index < -0.39 is 6.04 Å². The molecule has 172 valence electrons. The molecule has 0 aliphatic heterocycles. The highest BCUT2D eigenvalue weighted by molar-refractivity contribution is 5.88. The molecule has 0 unspecified atom stereocenters. The molecule has 1 aliphatic carbocycles. The van der Waals surface area contributed by atoms with Crippen molar-refractivity contribution in [3.8, 4) is 11.5 Å². The Labute approximate surface area is 190 Å². The van der Waals surface area contributed by atoms with Crippen LogP contribution in [0.4, 0.5) is 0 Å². The zero-order valence-corrected chi connectivity index (χ0v) is 19.1. The molecule has 1 fully saturated rings. The lowest BCUT2D eigenvalue weighted by Gasteiger charge is -2.32. The second-order valence-corrected chi connectivity index (χ2v) is 8.24. The van der Waals surface area contributed by atoms with E-state index in [1.165, 1.54) is 6.42 Å². The van der Waals surface area contributed by atoms with Gasteiger partial charge in [0.25, 0.3) is 5.91 Å². The monoisotopic (exact) mass is 438 g/mol. The van der Waals surface area contributed by atoms with Gasteiger partial charge in [0.2, 0.25) is 5.91 Å². The number of hydrogen-bond acceptors (Lipinski definition) is 4. The molecule has 1 atom stereocenters. The third kappa shape index (κ3) is 6.74. The molecule has 0 radical (unpaired) electrons. The summed E-state index contributed by atoms with van der Waals surface area (Å²) >= 11 is 0. The van der Waals surface area contributed by atoms with Gasteiger partial charge in [-0.05, 0) is 49.1 Å². The average molecular weight is 439 g/mol. The molecule has 0 aromatic heterocycles. The molecule has 0 saturated heterocycles. The smallest absolute Gasteiger partial charge is 0.261 e. The molecule has 0 spiro atoms. The number of amides is 2. The number of methoxy groups -OCH3 is 1. The molecular formula is C26H34N2O4. The van der Waals surface area contributed by atoms with Crippen molar-refractivity contribution in [2.45, 2.75) is 64.1 Å². The van der Waals surface area contributed by atoms with E-state index >= 15 is 0 Å². The molecule has 6 heteroatoms. The summed E-state index contributed by atoms with van der Waals surface area (Å²) in [7, 11) is 1.61. The first-order valence-electron chi connectivity index (χ1n) is 11.5. The van der Waals surface area contributed by atoms with Gasteiger partial charge < -0.3 is 19.7 Å². The molecule has 2 amide bonds. The average Bonchev–Trinajstić information content (AvgIpc) is 2.83. The maximum absolute atomic E-state index is 13.3. The van der Waals surface area contributed by atoms with Gasteiger partial charge in [0, 0.05) is 12.6 Å². The van der Waals surface area contributed by atoms with E-state index in [4.69, 9.17) is 9.47 Å². The Morgan fingerprint density at radius 1 is 1.03 bits per heavy atom. The molecule has 0 heterocycles. The highest BCUT2D eigenvalue weighted by atomic mass is 16.5. The van der Waals surface area contributed by atoms with Crippen molar-refractivity contribution < 1.29 is 19.1 Å². The lowest BCUT2D eigenvalue weighted by Crippen LogP contribution is -2.52. The minimum Gasteiger partial charge on any atom is -0.497 e. The van der Waals surface area contributed by atoms with E-state index in [2.05, 4.69) is 5.32 Å². The van der Waals surface area contributed by atoms with Gasteiger partial charge in [-0.2, -0.15) is 0 Å². The van der Waals surface area contributed by atoms with Gasteiger partial charge in [0.1, 0.15) is 17.5 Å². The summed E-state index contributed by atoms with van der Waals surface area (Å²) in [5.74, 6) is 1.04. The van der Waals surface area contributed by atoms with Gasteiger partial charge in [-0.25, -0.2) is 0 Å². The highest BCUT2D eigenvalue weighted by Gasteiger charge is 2.30. The Morgan fingerprint density at radius 3 is 2.44 bits per heavy atom. The maximum atomic E-state index is 13.3. The molecular weight excluding hydrogens is 404 g/mol. The van der Waals surface area contributed by atoms with Crippen molar-refractivity contribution in [1.29, 1.82) is 0 Å². The van der Waals surface area contributed by atoms with E-state index in [-0.39, 0.29) is 24.5 Å². The standard InChI is InChI=1S/C26H34N2O4/c1-3-24(26(30)27-21-12-6-4-7-13-21)28(18-20-11-10-16-23(17-20)31-2)25(29)19-32-22-14-8-5-9-15-22/h5,8-11,14-17,21,24H,3-4,6-7,12-13,18-19H2,1-2H3,(H,27,30)/t24-/m0/s1. The topological polar surface area (TPSA) is 67.9 Å². The number of carbonyl (C=O) groups is 2. The molecule has 3 rings (SSSR count). The Balaban J connectivity index is 1.76. The van der Waals surface area contributed by atoms with Crippen LogP contribution < -0.4 is 14.8 Å². The summed E-state index contributed by atoms with van der Waals surface area (Å²) in [5, 5.41) is 3.19. The van der Waals surface area contributed by atoms with Crippen molar-refractivity contribution in [2.24, 2.45) is 0 Å². The van der Waals surface area contributed by atoms with E-state index in [1.54, 1.807) is 12.0 Å². The fraction of sp³-hybridized carbons (Fsp3) is 0.462. The summed E-state index contributed by atoms with van der Waals surface area (Å²) in [6.07, 6.45) is 6.03. The lowest BCUT2D eigenvalue weighted by molar-refractivity contribution is -0.143. The fourth-order valence-corrected chi connectivity index (χ4v) is 4.18. The number of carbonyl (C=O) groups excluding carboxylic acids is 2. The molecule has 6 nitrogen and oxygen atoms in total. The molecule has 32 heavy (non-hydrogen) atoms. The predicted molar refractivity (Wildman–Crippen MR) is 125 cm³/mol. The number of hydrogen-bond donors (Lipinski definition) is 1. The number of nitrogens with zero attached hydrogens (tertiary/aromatic N) is 1. The van der Waals surface area contributed by atoms with Gasteiger partial charge in [0.15, 0.2) is 6.61 Å². The largest absolute Gasteiger partial charge is 0.497 e. The van der Waals surface area contributed by atoms with Crippen LogP contribution in [0, 0.1) is 0 Å². The van der Waals surface area contributed by atoms with Crippen LogP contribution in [0.25, 0.3) is 0 Å². The first-order chi connectivity index (χ1) is 15.6. The van der Waals surface area contributed by atoms with E-state index in [0.717, 1.165) is 37.0 Å². The number of benzene rings is 2. The highest BCUT2D eigenvalue weighted by Crippen LogP contribution is 2.20. The first kappa shape index (κ1) is 23.6. The Morgan fingerprint density at radius 2 is 1.75 bits per heavy atom. The molecule has 2 aromatic rings. The van der Waals surface area contributed by atoms with E-state index in [9.17, 15) is 9.59 Å². The Kier molecular flexibility index (Phi) is 8.96. The normalized spacial score (nSPS) is 14.9. The van der Waals surface area contributed by atoms with Crippen molar-refractivity contribution in [1.82, 2.24) is 10.2 Å². The first-order valence-corrected chi connectivity index (χ1v) is 11.5. The van der Waals surface area contributed by atoms with Gasteiger partial charge in [-0.15, -0.1) is 0 Å². The molecule has 1 N–H and O–H groups in total. The molecule has 0 bridgehead atoms. The van der Waals surface area contributed by atoms with Crippen LogP contribution in [-0.4, -0.2) is 42.5 Å². The second-order valence-electron chi connectivity index (χ2n) is 8.24. The lowest BCUT2D eigenvalue weighted by atomic mass is 9.95. The van der Waals surface area contributed by atoms with Gasteiger partial charge in [0.05, 0.1) is 7.11 Å². The fourth-order valence-electron chi connectivity index (χ4n) is 4.18. The molecule has 1 aliphatic rings. The summed E-state index contributed by atoms with van der Waals surface area (Å²) < 4.78 is 11.0. The SMILES string of the molecule is CC[C@@H](C(=O)NC1CCCCC1)N(Cc1cccc(OC)c1)C(=O)COc1ccccc1. The summed E-state index contributed by atoms with van der Waals surface area (Å²) in [5.41, 5.74) is 0.904. The van der Waals surface area contributed by atoms with Crippen molar-refractivity contribution in [2.75, 3.05) is 13.7 Å².